The Balaban J connectivity index is 0.00000337. The van der Waals surface area contributed by atoms with Crippen molar-refractivity contribution in [1.29, 1.82) is 0 Å². The van der Waals surface area contributed by atoms with E-state index in [9.17, 15) is 13.7 Å². The van der Waals surface area contributed by atoms with Crippen LogP contribution in [0.1, 0.15) is 0 Å². The van der Waals surface area contributed by atoms with E-state index in [4.69, 9.17) is 14.9 Å². The summed E-state index contributed by atoms with van der Waals surface area (Å²) in [7, 11) is 0. The first-order chi connectivity index (χ1) is 19.4. The summed E-state index contributed by atoms with van der Waals surface area (Å²) in [5, 5.41) is 4.39. The van der Waals surface area contributed by atoms with E-state index in [1.165, 1.54) is 16.8 Å². The van der Waals surface area contributed by atoms with E-state index < -0.39 is 11.2 Å². The molecule has 16 heteroatoms. The van der Waals surface area contributed by atoms with Gasteiger partial charge in [-0.05, 0) is 24.3 Å². The molecule has 12 nitrogen and oxygen atoms in total. The number of thiazole rings is 1. The Morgan fingerprint density at radius 1 is 1.17 bits per heavy atom. The van der Waals surface area contributed by atoms with Crippen LogP contribution in [0.15, 0.2) is 45.8 Å². The fraction of sp³-hybridized carbons (Fsp3) is 0.360. The molecule has 0 radical (unpaired) electrons. The fourth-order valence-corrected chi connectivity index (χ4v) is 5.96. The highest BCUT2D eigenvalue weighted by molar-refractivity contribution is 7.90. The largest absolute Gasteiger partial charge is 0.488 e. The van der Waals surface area contributed by atoms with Crippen molar-refractivity contribution < 1.29 is 18.1 Å². The molecule has 1 atom stereocenters. The van der Waals surface area contributed by atoms with E-state index in [1.54, 1.807) is 35.1 Å². The minimum Gasteiger partial charge on any atom is -0.488 e. The summed E-state index contributed by atoms with van der Waals surface area (Å²) in [6.45, 7) is 4.17. The molecule has 1 aliphatic rings. The maximum absolute atomic E-state index is 14.8. The minimum absolute atomic E-state index is 0. The highest BCUT2D eigenvalue weighted by Gasteiger charge is 2.23. The number of anilines is 2. The lowest BCUT2D eigenvalue weighted by Crippen LogP contribution is -2.47. The van der Waals surface area contributed by atoms with Gasteiger partial charge in [0, 0.05) is 45.3 Å². The van der Waals surface area contributed by atoms with E-state index in [-0.39, 0.29) is 30.1 Å². The Labute approximate surface area is 248 Å². The van der Waals surface area contributed by atoms with Crippen LogP contribution >= 0.6 is 24.8 Å². The SMILES string of the molecule is C[S+](O)CCOc1ccc(N2CCN(CCn3c(=O)sc4c3nc(N)n3nc(-c5ccco5)nc43)CC2)c(F)c1.S. The second-order valence-corrected chi connectivity index (χ2v) is 12.0. The second-order valence-electron chi connectivity index (χ2n) is 9.39. The highest BCUT2D eigenvalue weighted by atomic mass is 32.2. The Morgan fingerprint density at radius 3 is 2.68 bits per heavy atom. The van der Waals surface area contributed by atoms with Gasteiger partial charge in [0.2, 0.25) is 11.8 Å². The van der Waals surface area contributed by atoms with Crippen molar-refractivity contribution in [3.8, 4) is 17.3 Å². The van der Waals surface area contributed by atoms with Gasteiger partial charge in [0.1, 0.15) is 40.3 Å². The van der Waals surface area contributed by atoms with Crippen molar-refractivity contribution in [1.82, 2.24) is 29.0 Å². The highest BCUT2D eigenvalue weighted by Crippen LogP contribution is 2.27. The molecule has 5 heterocycles. The first-order valence-corrected chi connectivity index (χ1v) is 15.3. The van der Waals surface area contributed by atoms with Gasteiger partial charge in [-0.15, -0.1) is 5.10 Å². The number of benzene rings is 1. The van der Waals surface area contributed by atoms with Crippen LogP contribution in [0.4, 0.5) is 16.0 Å². The first-order valence-electron chi connectivity index (χ1n) is 12.7. The summed E-state index contributed by atoms with van der Waals surface area (Å²) in [4.78, 5) is 26.1. The number of nitrogens with two attached hydrogens (primary N) is 1. The molecule has 0 saturated carbocycles. The van der Waals surface area contributed by atoms with Gasteiger partial charge in [-0.3, -0.25) is 14.3 Å². The topological polar surface area (TPSA) is 140 Å². The third-order valence-electron chi connectivity index (χ3n) is 6.78. The van der Waals surface area contributed by atoms with E-state index in [0.29, 0.717) is 77.6 Å². The van der Waals surface area contributed by atoms with Gasteiger partial charge in [-0.2, -0.15) is 27.5 Å². The monoisotopic (exact) mass is 621 g/mol. The molecule has 0 spiro atoms. The molecule has 0 amide bonds. The number of nitrogen functional groups attached to an aromatic ring is 1. The van der Waals surface area contributed by atoms with Gasteiger partial charge in [0.15, 0.2) is 22.8 Å². The zero-order valence-corrected chi connectivity index (χ0v) is 24.8. The lowest BCUT2D eigenvalue weighted by Gasteiger charge is -2.36. The van der Waals surface area contributed by atoms with Crippen LogP contribution < -0.4 is 20.2 Å². The normalized spacial score (nSPS) is 15.0. The van der Waals surface area contributed by atoms with Gasteiger partial charge < -0.3 is 19.8 Å². The molecule has 0 bridgehead atoms. The summed E-state index contributed by atoms with van der Waals surface area (Å²) in [5.74, 6) is 1.63. The number of fused-ring (bicyclic) bond motifs is 3. The van der Waals surface area contributed by atoms with E-state index >= 15 is 0 Å². The Kier molecular flexibility index (Phi) is 8.74. The fourth-order valence-electron chi connectivity index (χ4n) is 4.70. The Bertz CT molecular complexity index is 1700. The van der Waals surface area contributed by atoms with Gasteiger partial charge in [0.05, 0.1) is 12.0 Å². The van der Waals surface area contributed by atoms with Crippen LogP contribution in [0.25, 0.3) is 27.6 Å². The summed E-state index contributed by atoms with van der Waals surface area (Å²) in [6.07, 6.45) is 3.26. The average molecular weight is 622 g/mol. The second kappa shape index (κ2) is 12.3. The molecule has 218 valence electrons. The number of furan rings is 1. The van der Waals surface area contributed by atoms with Crippen molar-refractivity contribution in [2.24, 2.45) is 0 Å². The lowest BCUT2D eigenvalue weighted by molar-refractivity contribution is 0.248. The van der Waals surface area contributed by atoms with Crippen LogP contribution in [0.5, 0.6) is 5.75 Å². The summed E-state index contributed by atoms with van der Waals surface area (Å²) in [5.41, 5.74) is 7.66. The molecule has 41 heavy (non-hydrogen) atoms. The van der Waals surface area contributed by atoms with Crippen molar-refractivity contribution in [2.75, 3.05) is 62.0 Å². The number of rotatable bonds is 9. The van der Waals surface area contributed by atoms with Crippen LogP contribution in [0.3, 0.4) is 0 Å². The van der Waals surface area contributed by atoms with Gasteiger partial charge in [0.25, 0.3) is 0 Å². The zero-order chi connectivity index (χ0) is 27.8. The molecule has 5 aromatic rings. The maximum atomic E-state index is 14.8. The van der Waals surface area contributed by atoms with Crippen LogP contribution in [-0.4, -0.2) is 84.9 Å². The molecule has 1 fully saturated rings. The minimum atomic E-state index is -0.706. The lowest BCUT2D eigenvalue weighted by atomic mass is 10.2. The predicted octanol–water partition coefficient (Wildman–Crippen LogP) is 2.52. The molecule has 1 aliphatic heterocycles. The molecule has 3 N–H and O–H groups in total. The molecule has 6 rings (SSSR count). The smallest absolute Gasteiger partial charge is 0.309 e. The Morgan fingerprint density at radius 2 is 1.98 bits per heavy atom. The molecule has 4 aromatic heterocycles. The summed E-state index contributed by atoms with van der Waals surface area (Å²) >= 11 is 0.359. The third-order valence-corrected chi connectivity index (χ3v) is 8.50. The number of halogens is 1. The number of piperazine rings is 1. The summed E-state index contributed by atoms with van der Waals surface area (Å²) in [6, 6.07) is 8.39. The first kappa shape index (κ1) is 29.2. The number of aromatic nitrogens is 5. The molecule has 1 saturated heterocycles. The van der Waals surface area contributed by atoms with Crippen molar-refractivity contribution in [3.63, 3.8) is 0 Å². The van der Waals surface area contributed by atoms with Crippen molar-refractivity contribution in [3.05, 3.63) is 52.1 Å². The average Bonchev–Trinajstić information content (AvgIpc) is 3.67. The van der Waals surface area contributed by atoms with Crippen LogP contribution in [0.2, 0.25) is 0 Å². The van der Waals surface area contributed by atoms with Crippen molar-refractivity contribution in [2.45, 2.75) is 6.54 Å². The van der Waals surface area contributed by atoms with Crippen molar-refractivity contribution >= 4 is 63.6 Å². The molecule has 1 unspecified atom stereocenters. The van der Waals surface area contributed by atoms with Crippen LogP contribution in [-0.2, 0) is 17.7 Å². The van der Waals surface area contributed by atoms with Crippen LogP contribution in [0, 0.1) is 5.82 Å². The van der Waals surface area contributed by atoms with E-state index in [1.807, 2.05) is 4.90 Å². The zero-order valence-electron chi connectivity index (χ0n) is 22.2. The molecule has 1 aromatic carbocycles. The quantitative estimate of drug-likeness (QED) is 0.236. The predicted molar refractivity (Wildman–Crippen MR) is 164 cm³/mol. The molecular formula is C25H30FN8O4S3+. The third kappa shape index (κ3) is 6.01. The standard InChI is InChI=1S/C25H28FN8O4S2.H2S/c1-40(36)14-13-37-16-4-5-18(17(26)15-16)32-9-6-31(7-10-32)8-11-33-22-20(39-25(33)35)23-28-21(19-3-2-12-38-19)30-34(23)24(27)29-22;/h2-5,12,15,36H,6-11,13-14H2,1H3,(H2,27,29);1H2/q+1;. The van der Waals surface area contributed by atoms with Gasteiger partial charge >= 0.3 is 4.87 Å². The number of ether oxygens (including phenoxy) is 1. The number of hydrogen-bond donors (Lipinski definition) is 2. The Hall–Kier alpha value is -3.31. The maximum Gasteiger partial charge on any atom is 0.309 e. The van der Waals surface area contributed by atoms with Gasteiger partial charge in [-0.1, -0.05) is 11.3 Å². The molecular weight excluding hydrogens is 592 g/mol. The summed E-state index contributed by atoms with van der Waals surface area (Å²) < 4.78 is 38.8. The van der Waals surface area contributed by atoms with E-state index in [2.05, 4.69) is 20.0 Å². The van der Waals surface area contributed by atoms with Gasteiger partial charge in [-0.25, -0.2) is 9.37 Å². The van der Waals surface area contributed by atoms with E-state index in [0.717, 1.165) is 24.4 Å². The number of hydrogen-bond acceptors (Lipinski definition) is 11. The number of nitrogens with zero attached hydrogens (tertiary/aromatic N) is 7. The molecule has 0 aliphatic carbocycles.